The topological polar surface area (TPSA) is 104 Å². The molecule has 1 amide bonds. The van der Waals surface area contributed by atoms with Gasteiger partial charge < -0.3 is 24.5 Å². The van der Waals surface area contributed by atoms with Gasteiger partial charge in [-0.3, -0.25) is 9.79 Å². The molecule has 48 heavy (non-hydrogen) atoms. The number of carbonyl (C=O) groups is 2. The fourth-order valence-electron chi connectivity index (χ4n) is 5.25. The van der Waals surface area contributed by atoms with E-state index in [2.05, 4.69) is 33.9 Å². The van der Waals surface area contributed by atoms with E-state index >= 15 is 0 Å². The molecule has 0 saturated carbocycles. The van der Waals surface area contributed by atoms with Crippen LogP contribution < -0.4 is 5.32 Å². The van der Waals surface area contributed by atoms with Gasteiger partial charge in [0, 0.05) is 37.8 Å². The number of hydrogen-bond acceptors (Lipinski definition) is 5. The molecule has 2 aromatic carbocycles. The number of nitrogens with zero attached hydrogens (tertiary/aromatic N) is 2. The predicted octanol–water partition coefficient (Wildman–Crippen LogP) is 8.62. The van der Waals surface area contributed by atoms with Gasteiger partial charge in [-0.15, -0.1) is 0 Å². The fourth-order valence-corrected chi connectivity index (χ4v) is 5.25. The number of aliphatic imine (C=N–C) groups is 1. The summed E-state index contributed by atoms with van der Waals surface area (Å²) in [4.78, 5) is 30.9. The monoisotopic (exact) mass is 655 g/mol. The maximum absolute atomic E-state index is 13.0. The highest BCUT2D eigenvalue weighted by Crippen LogP contribution is 2.25. The van der Waals surface area contributed by atoms with Gasteiger partial charge in [0.05, 0.1) is 18.3 Å². The lowest BCUT2D eigenvalue weighted by molar-refractivity contribution is 0.0321. The maximum atomic E-state index is 13.0. The summed E-state index contributed by atoms with van der Waals surface area (Å²) in [6.07, 6.45) is 13.0. The van der Waals surface area contributed by atoms with Gasteiger partial charge in [-0.2, -0.15) is 0 Å². The summed E-state index contributed by atoms with van der Waals surface area (Å²) in [6.45, 7) is 16.1. The van der Waals surface area contributed by atoms with Crippen molar-refractivity contribution in [2.75, 3.05) is 26.7 Å². The van der Waals surface area contributed by atoms with Crippen LogP contribution in [0.1, 0.15) is 95.9 Å². The van der Waals surface area contributed by atoms with E-state index in [4.69, 9.17) is 9.15 Å². The van der Waals surface area contributed by atoms with Crippen molar-refractivity contribution in [2.45, 2.75) is 73.0 Å². The SMILES string of the molecule is C=Cc1c(/C=C\Cc2ccccc2)oc(C(=O)NC/C=C\C(=NC)N2CCCC(OCc3cccc(C(=O)O)c3)CC2)c1C.CC.CC. The number of likely N-dealkylation sites (tertiary alicyclic amines) is 1. The van der Waals surface area contributed by atoms with Crippen molar-refractivity contribution < 1.29 is 23.8 Å². The summed E-state index contributed by atoms with van der Waals surface area (Å²) in [5.41, 5.74) is 3.89. The quantitative estimate of drug-likeness (QED) is 0.150. The zero-order valence-corrected chi connectivity index (χ0v) is 29.5. The normalized spacial score (nSPS) is 14.8. The Hall–Kier alpha value is -4.69. The highest BCUT2D eigenvalue weighted by molar-refractivity contribution is 5.95. The molecular formula is C40H53N3O5. The summed E-state index contributed by atoms with van der Waals surface area (Å²) in [6, 6.07) is 17.0. The van der Waals surface area contributed by atoms with E-state index in [1.54, 1.807) is 31.3 Å². The molecule has 0 spiro atoms. The zero-order valence-electron chi connectivity index (χ0n) is 29.5. The van der Waals surface area contributed by atoms with Crippen molar-refractivity contribution in [2.24, 2.45) is 4.99 Å². The highest BCUT2D eigenvalue weighted by atomic mass is 16.5. The lowest BCUT2D eigenvalue weighted by atomic mass is 10.1. The Morgan fingerprint density at radius 1 is 1.04 bits per heavy atom. The summed E-state index contributed by atoms with van der Waals surface area (Å²) in [5.74, 6) is 0.530. The third-order valence-corrected chi connectivity index (χ3v) is 7.63. The summed E-state index contributed by atoms with van der Waals surface area (Å²) >= 11 is 0. The molecule has 1 aliphatic heterocycles. The summed E-state index contributed by atoms with van der Waals surface area (Å²) < 4.78 is 12.1. The van der Waals surface area contributed by atoms with Crippen LogP contribution in [0.5, 0.6) is 0 Å². The number of benzene rings is 2. The number of rotatable bonds is 12. The van der Waals surface area contributed by atoms with Gasteiger partial charge in [0.25, 0.3) is 5.91 Å². The van der Waals surface area contributed by atoms with Gasteiger partial charge in [0.15, 0.2) is 5.76 Å². The van der Waals surface area contributed by atoms with Crippen molar-refractivity contribution >= 4 is 29.9 Å². The molecule has 1 aliphatic rings. The first-order valence-corrected chi connectivity index (χ1v) is 17.0. The smallest absolute Gasteiger partial charge is 0.335 e. The minimum Gasteiger partial charge on any atom is -0.478 e. The molecule has 8 heteroatoms. The molecule has 258 valence electrons. The molecule has 8 nitrogen and oxygen atoms in total. The third-order valence-electron chi connectivity index (χ3n) is 7.63. The van der Waals surface area contributed by atoms with E-state index in [-0.39, 0.29) is 23.3 Å². The molecule has 1 fully saturated rings. The number of allylic oxidation sites excluding steroid dienone is 1. The molecule has 1 atom stereocenters. The number of amides is 1. The Bertz CT molecular complexity index is 1520. The Kier molecular flexibility index (Phi) is 18.1. The Labute approximate surface area is 286 Å². The van der Waals surface area contributed by atoms with Crippen LogP contribution in [0.2, 0.25) is 0 Å². The number of furan rings is 1. The fraction of sp³-hybridized carbons (Fsp3) is 0.375. The Balaban J connectivity index is 0.00000193. The number of nitrogens with one attached hydrogen (secondary N) is 1. The molecular weight excluding hydrogens is 602 g/mol. The number of carboxylic acid groups (broad SMARTS) is 1. The Morgan fingerprint density at radius 2 is 1.77 bits per heavy atom. The number of carbonyl (C=O) groups excluding carboxylic acids is 1. The summed E-state index contributed by atoms with van der Waals surface area (Å²) in [5, 5.41) is 12.1. The van der Waals surface area contributed by atoms with E-state index in [1.165, 1.54) is 5.56 Å². The van der Waals surface area contributed by atoms with Crippen LogP contribution in [0.25, 0.3) is 12.2 Å². The molecule has 2 heterocycles. The van der Waals surface area contributed by atoms with Crippen LogP contribution in [0, 0.1) is 6.92 Å². The van der Waals surface area contributed by atoms with E-state index in [0.29, 0.717) is 18.9 Å². The van der Waals surface area contributed by atoms with Crippen LogP contribution in [-0.4, -0.2) is 60.5 Å². The average Bonchev–Trinajstić information content (AvgIpc) is 3.27. The second-order valence-corrected chi connectivity index (χ2v) is 10.7. The molecule has 2 N–H and O–H groups in total. The van der Waals surface area contributed by atoms with Gasteiger partial charge in [-0.25, -0.2) is 4.79 Å². The molecule has 0 aliphatic carbocycles. The van der Waals surface area contributed by atoms with Gasteiger partial charge in [0.2, 0.25) is 0 Å². The van der Waals surface area contributed by atoms with Crippen LogP contribution in [0.15, 0.2) is 88.8 Å². The summed E-state index contributed by atoms with van der Waals surface area (Å²) in [7, 11) is 1.77. The minimum absolute atomic E-state index is 0.0879. The number of amidine groups is 1. The second-order valence-electron chi connectivity index (χ2n) is 10.7. The molecule has 0 bridgehead atoms. The van der Waals surface area contributed by atoms with Crippen molar-refractivity contribution in [3.05, 3.63) is 119 Å². The molecule has 0 radical (unpaired) electrons. The van der Waals surface area contributed by atoms with Crippen LogP contribution in [0.3, 0.4) is 0 Å². The van der Waals surface area contributed by atoms with E-state index < -0.39 is 5.97 Å². The average molecular weight is 656 g/mol. The lowest BCUT2D eigenvalue weighted by Gasteiger charge is -2.22. The number of ether oxygens (including phenoxy) is 1. The van der Waals surface area contributed by atoms with Crippen LogP contribution in [-0.2, 0) is 17.8 Å². The van der Waals surface area contributed by atoms with Crippen LogP contribution >= 0.6 is 0 Å². The maximum Gasteiger partial charge on any atom is 0.335 e. The van der Waals surface area contributed by atoms with E-state index in [9.17, 15) is 14.7 Å². The van der Waals surface area contributed by atoms with Crippen molar-refractivity contribution in [3.63, 3.8) is 0 Å². The largest absolute Gasteiger partial charge is 0.478 e. The molecule has 4 rings (SSSR count). The van der Waals surface area contributed by atoms with Crippen LogP contribution in [0.4, 0.5) is 0 Å². The van der Waals surface area contributed by atoms with Crippen molar-refractivity contribution in [3.8, 4) is 0 Å². The van der Waals surface area contributed by atoms with Gasteiger partial charge >= 0.3 is 5.97 Å². The first-order chi connectivity index (χ1) is 23.4. The lowest BCUT2D eigenvalue weighted by Crippen LogP contribution is -2.31. The third kappa shape index (κ3) is 12.2. The molecule has 3 aromatic rings. The first kappa shape index (κ1) is 39.5. The number of aromatic carboxylic acids is 1. The minimum atomic E-state index is -0.939. The number of carboxylic acids is 1. The second kappa shape index (κ2) is 22.0. The van der Waals surface area contributed by atoms with Gasteiger partial charge in [0.1, 0.15) is 11.6 Å². The zero-order chi connectivity index (χ0) is 35.3. The van der Waals surface area contributed by atoms with E-state index in [1.807, 2.05) is 83.2 Å². The van der Waals surface area contributed by atoms with Crippen molar-refractivity contribution in [1.82, 2.24) is 10.2 Å². The standard InChI is InChI=1S/C36H41N3O5.2C2H6/c1-4-31-26(2)34(44-32(31)18-9-14-27-12-6-5-7-13-27)35(40)38-21-10-19-33(37-3)39-22-11-17-30(20-23-39)43-25-28-15-8-16-29(24-28)36(41)42;2*1-2/h4-10,12-13,15-16,18-19,24,30H,1,11,14,17,20-23,25H2,2-3H3,(H,38,40)(H,41,42);2*1-2H3/b18-9-,19-10-,37-33?;;. The number of hydrogen-bond donors (Lipinski definition) is 2. The van der Waals surface area contributed by atoms with Crippen molar-refractivity contribution in [1.29, 1.82) is 0 Å². The Morgan fingerprint density at radius 3 is 2.46 bits per heavy atom. The van der Waals surface area contributed by atoms with Gasteiger partial charge in [-0.1, -0.05) is 95.0 Å². The predicted molar refractivity (Wildman–Crippen MR) is 198 cm³/mol. The molecule has 1 saturated heterocycles. The molecule has 1 aromatic heterocycles. The highest BCUT2D eigenvalue weighted by Gasteiger charge is 2.20. The molecule has 1 unspecified atom stereocenters. The first-order valence-electron chi connectivity index (χ1n) is 17.0. The van der Waals surface area contributed by atoms with E-state index in [0.717, 1.165) is 61.3 Å². The van der Waals surface area contributed by atoms with Gasteiger partial charge in [-0.05, 0) is 68.0 Å².